The zero-order valence-corrected chi connectivity index (χ0v) is 11.7. The molecule has 0 aromatic heterocycles. The van der Waals surface area contributed by atoms with Gasteiger partial charge < -0.3 is 9.47 Å². The molecule has 5 heteroatoms. The van der Waals surface area contributed by atoms with Crippen LogP contribution in [-0.4, -0.2) is 18.2 Å². The lowest BCUT2D eigenvalue weighted by Gasteiger charge is -2.25. The summed E-state index contributed by atoms with van der Waals surface area (Å²) >= 11 is 6.44. The van der Waals surface area contributed by atoms with Crippen LogP contribution >= 0.6 is 11.6 Å². The van der Waals surface area contributed by atoms with E-state index in [0.29, 0.717) is 11.5 Å². The maximum atomic E-state index is 13.8. The van der Waals surface area contributed by atoms with Gasteiger partial charge in [-0.1, -0.05) is 30.3 Å². The van der Waals surface area contributed by atoms with Crippen molar-refractivity contribution in [1.82, 2.24) is 0 Å². The molecule has 0 saturated heterocycles. The van der Waals surface area contributed by atoms with E-state index >= 15 is 0 Å². The number of nitrogens with zero attached hydrogens (tertiary/aromatic N) is 1. The van der Waals surface area contributed by atoms with Gasteiger partial charge in [0.25, 0.3) is 5.79 Å². The van der Waals surface area contributed by atoms with Gasteiger partial charge in [0.05, 0.1) is 0 Å². The first kappa shape index (κ1) is 12.7. The predicted octanol–water partition coefficient (Wildman–Crippen LogP) is 3.67. The Morgan fingerprint density at radius 1 is 1.10 bits per heavy atom. The molecule has 2 atom stereocenters. The maximum Gasteiger partial charge on any atom is 0.293 e. The predicted molar refractivity (Wildman–Crippen MR) is 77.3 cm³/mol. The average molecular weight is 304 g/mol. The van der Waals surface area contributed by atoms with Crippen LogP contribution in [0.1, 0.15) is 16.5 Å². The molecule has 0 radical (unpaired) electrons. The van der Waals surface area contributed by atoms with E-state index in [-0.39, 0.29) is 12.3 Å². The fraction of sp³-hybridized carbons (Fsp3) is 0.188. The lowest BCUT2D eigenvalue weighted by Crippen LogP contribution is -2.40. The minimum absolute atomic E-state index is 0.155. The molecule has 2 aliphatic rings. The Labute approximate surface area is 126 Å². The van der Waals surface area contributed by atoms with Gasteiger partial charge in [-0.05, 0) is 18.2 Å². The molecule has 2 heterocycles. The second-order valence-electron chi connectivity index (χ2n) is 5.02. The second-order valence-corrected chi connectivity index (χ2v) is 5.46. The van der Waals surface area contributed by atoms with Gasteiger partial charge in [0.1, 0.15) is 11.9 Å². The minimum atomic E-state index is -1.16. The molecule has 0 aliphatic carbocycles. The number of hydrogen-bond acceptors (Lipinski definition) is 3. The van der Waals surface area contributed by atoms with Crippen molar-refractivity contribution in [2.75, 3.05) is 6.54 Å². The van der Waals surface area contributed by atoms with Gasteiger partial charge >= 0.3 is 0 Å². The summed E-state index contributed by atoms with van der Waals surface area (Å²) < 4.78 is 25.4. The van der Waals surface area contributed by atoms with E-state index in [1.165, 1.54) is 6.07 Å². The Morgan fingerprint density at radius 3 is 2.67 bits per heavy atom. The van der Waals surface area contributed by atoms with Crippen LogP contribution < -0.4 is 4.74 Å². The van der Waals surface area contributed by atoms with Crippen LogP contribution in [0.15, 0.2) is 53.5 Å². The van der Waals surface area contributed by atoms with E-state index in [2.05, 4.69) is 4.99 Å². The van der Waals surface area contributed by atoms with E-state index in [4.69, 9.17) is 21.1 Å². The van der Waals surface area contributed by atoms with Crippen molar-refractivity contribution in [2.45, 2.75) is 11.2 Å². The van der Waals surface area contributed by atoms with Crippen LogP contribution in [0.4, 0.5) is 4.39 Å². The summed E-state index contributed by atoms with van der Waals surface area (Å²) in [6.07, 6.45) is 0. The molecule has 1 spiro atoms. The zero-order chi connectivity index (χ0) is 14.4. The quantitative estimate of drug-likeness (QED) is 0.753. The van der Waals surface area contributed by atoms with E-state index < -0.39 is 17.0 Å². The van der Waals surface area contributed by atoms with Crippen molar-refractivity contribution in [3.8, 4) is 5.75 Å². The number of hydrogen-bond donors (Lipinski definition) is 0. The number of ether oxygens (including phenoxy) is 2. The first-order valence-electron chi connectivity index (χ1n) is 6.60. The van der Waals surface area contributed by atoms with E-state index in [9.17, 15) is 4.39 Å². The summed E-state index contributed by atoms with van der Waals surface area (Å²) in [6, 6.07) is 14.2. The summed E-state index contributed by atoms with van der Waals surface area (Å²) in [5.41, 5.74) is 1.44. The molecule has 4 rings (SSSR count). The summed E-state index contributed by atoms with van der Waals surface area (Å²) in [4.78, 5) is 4.37. The van der Waals surface area contributed by atoms with Gasteiger partial charge in [-0.3, -0.25) is 0 Å². The molecule has 2 aromatic carbocycles. The summed E-state index contributed by atoms with van der Waals surface area (Å²) in [5, 5.41) is -0.604. The number of halogens is 2. The number of fused-ring (bicyclic) bond motifs is 1. The Balaban J connectivity index is 1.67. The number of benzene rings is 2. The van der Waals surface area contributed by atoms with Crippen molar-refractivity contribution in [3.05, 3.63) is 65.5 Å². The van der Waals surface area contributed by atoms with Gasteiger partial charge in [-0.2, -0.15) is 0 Å². The maximum absolute atomic E-state index is 13.8. The Kier molecular flexibility index (Phi) is 2.69. The molecule has 0 saturated carbocycles. The highest BCUT2D eigenvalue weighted by Gasteiger charge is 2.54. The van der Waals surface area contributed by atoms with Crippen molar-refractivity contribution < 1.29 is 13.9 Å². The lowest BCUT2D eigenvalue weighted by molar-refractivity contribution is -0.0879. The Hall–Kier alpha value is -2.07. The summed E-state index contributed by atoms with van der Waals surface area (Å²) in [5.74, 6) is -0.972. The number of para-hydroxylation sites is 1. The molecule has 106 valence electrons. The lowest BCUT2D eigenvalue weighted by atomic mass is 10.1. The largest absolute Gasteiger partial charge is 0.445 e. The third-order valence-corrected chi connectivity index (χ3v) is 4.23. The van der Waals surface area contributed by atoms with Gasteiger partial charge in [0.15, 0.2) is 11.6 Å². The number of rotatable bonds is 1. The van der Waals surface area contributed by atoms with E-state index in [1.807, 2.05) is 30.3 Å². The highest BCUT2D eigenvalue weighted by atomic mass is 35.5. The summed E-state index contributed by atoms with van der Waals surface area (Å²) in [7, 11) is 0. The van der Waals surface area contributed by atoms with Crippen LogP contribution in [0, 0.1) is 5.82 Å². The monoisotopic (exact) mass is 303 g/mol. The Bertz CT molecular complexity index is 734. The number of alkyl halides is 1. The van der Waals surface area contributed by atoms with E-state index in [0.717, 1.165) is 5.56 Å². The molecule has 2 aliphatic heterocycles. The third-order valence-electron chi connectivity index (χ3n) is 3.66. The van der Waals surface area contributed by atoms with Crippen LogP contribution in [-0.2, 0) is 4.74 Å². The molecule has 0 amide bonds. The van der Waals surface area contributed by atoms with Gasteiger partial charge in [-0.15, -0.1) is 11.6 Å². The first-order valence-corrected chi connectivity index (χ1v) is 7.04. The van der Waals surface area contributed by atoms with Crippen molar-refractivity contribution in [2.24, 2.45) is 4.99 Å². The average Bonchev–Trinajstić information content (AvgIpc) is 3.06. The topological polar surface area (TPSA) is 30.8 Å². The zero-order valence-electron chi connectivity index (χ0n) is 10.9. The SMILES string of the molecule is Fc1cccc2c1O[C@@]1(CN=C(c3ccccc3)O1)[C@H]2Cl. The van der Waals surface area contributed by atoms with E-state index in [1.54, 1.807) is 12.1 Å². The van der Waals surface area contributed by atoms with Crippen LogP contribution in [0.3, 0.4) is 0 Å². The van der Waals surface area contributed by atoms with Crippen LogP contribution in [0.2, 0.25) is 0 Å². The standard InChI is InChI=1S/C16H11ClFNO2/c17-14-11-7-4-8-12(18)13(11)20-16(14)9-19-15(21-16)10-5-2-1-3-6-10/h1-8,14H,9H2/t14-,16+/m0/s1. The normalized spacial score (nSPS) is 26.2. The first-order chi connectivity index (χ1) is 10.2. The molecular formula is C16H11ClFNO2. The van der Waals surface area contributed by atoms with Crippen LogP contribution in [0.25, 0.3) is 0 Å². The molecule has 21 heavy (non-hydrogen) atoms. The summed E-state index contributed by atoms with van der Waals surface area (Å²) in [6.45, 7) is 0.236. The molecule has 2 aromatic rings. The highest BCUT2D eigenvalue weighted by Crippen LogP contribution is 2.50. The highest BCUT2D eigenvalue weighted by molar-refractivity contribution is 6.22. The smallest absolute Gasteiger partial charge is 0.293 e. The van der Waals surface area contributed by atoms with Crippen molar-refractivity contribution >= 4 is 17.5 Å². The fourth-order valence-electron chi connectivity index (χ4n) is 2.62. The Morgan fingerprint density at radius 2 is 1.90 bits per heavy atom. The fourth-order valence-corrected chi connectivity index (χ4v) is 2.95. The van der Waals surface area contributed by atoms with Crippen molar-refractivity contribution in [1.29, 1.82) is 0 Å². The van der Waals surface area contributed by atoms with Gasteiger partial charge in [0.2, 0.25) is 5.90 Å². The van der Waals surface area contributed by atoms with Crippen LogP contribution in [0.5, 0.6) is 5.75 Å². The second kappa shape index (κ2) is 4.46. The minimum Gasteiger partial charge on any atom is -0.445 e. The molecule has 3 nitrogen and oxygen atoms in total. The van der Waals surface area contributed by atoms with Gasteiger partial charge in [-0.25, -0.2) is 9.38 Å². The van der Waals surface area contributed by atoms with Crippen molar-refractivity contribution in [3.63, 3.8) is 0 Å². The molecule has 0 unspecified atom stereocenters. The molecular weight excluding hydrogens is 293 g/mol. The number of aliphatic imine (C=N–C) groups is 1. The molecule has 0 fully saturated rings. The molecule has 0 bridgehead atoms. The van der Waals surface area contributed by atoms with Gasteiger partial charge in [0, 0.05) is 11.1 Å². The third kappa shape index (κ3) is 1.83. The molecule has 0 N–H and O–H groups in total.